The topological polar surface area (TPSA) is 60.9 Å². The van der Waals surface area contributed by atoms with Crippen molar-refractivity contribution in [2.24, 2.45) is 0 Å². The van der Waals surface area contributed by atoms with Gasteiger partial charge in [0.05, 0.1) is 19.2 Å². The van der Waals surface area contributed by atoms with Gasteiger partial charge in [0.15, 0.2) is 18.1 Å². The highest BCUT2D eigenvalue weighted by atomic mass is 16.5. The molecule has 1 amide bonds. The first-order valence-corrected chi connectivity index (χ1v) is 9.29. The molecule has 0 spiro atoms. The maximum atomic E-state index is 12.5. The molecule has 0 unspecified atom stereocenters. The Morgan fingerprint density at radius 2 is 1.86 bits per heavy atom. The number of amides is 1. The highest BCUT2D eigenvalue weighted by Gasteiger charge is 2.28. The lowest BCUT2D eigenvalue weighted by Gasteiger charge is -2.18. The van der Waals surface area contributed by atoms with Gasteiger partial charge >= 0.3 is 0 Å². The van der Waals surface area contributed by atoms with Crippen LogP contribution < -0.4 is 14.2 Å². The van der Waals surface area contributed by atoms with Gasteiger partial charge in [-0.3, -0.25) is 4.79 Å². The molecule has 1 atom stereocenters. The first-order chi connectivity index (χ1) is 13.7. The second kappa shape index (κ2) is 8.17. The van der Waals surface area contributed by atoms with Crippen molar-refractivity contribution < 1.29 is 19.0 Å². The quantitative estimate of drug-likeness (QED) is 0.659. The third-order valence-corrected chi connectivity index (χ3v) is 4.78. The fourth-order valence-electron chi connectivity index (χ4n) is 3.30. The van der Waals surface area contributed by atoms with E-state index >= 15 is 0 Å². The molecule has 0 N–H and O–H groups in total. The molecule has 0 aliphatic carbocycles. The van der Waals surface area contributed by atoms with Crippen LogP contribution in [0.5, 0.6) is 17.4 Å². The second-order valence-electron chi connectivity index (χ2n) is 6.65. The van der Waals surface area contributed by atoms with Crippen LogP contribution in [0.1, 0.15) is 6.42 Å². The molecule has 144 valence electrons. The summed E-state index contributed by atoms with van der Waals surface area (Å²) < 4.78 is 16.9. The number of benzene rings is 2. The third kappa shape index (κ3) is 4.01. The molecule has 28 heavy (non-hydrogen) atoms. The Kier molecular flexibility index (Phi) is 5.28. The summed E-state index contributed by atoms with van der Waals surface area (Å²) in [6, 6.07) is 19.1. The molecule has 1 aliphatic heterocycles. The van der Waals surface area contributed by atoms with Gasteiger partial charge in [-0.1, -0.05) is 30.3 Å². The molecule has 2 heterocycles. The maximum absolute atomic E-state index is 12.5. The monoisotopic (exact) mass is 378 g/mol. The average molecular weight is 378 g/mol. The highest BCUT2D eigenvalue weighted by molar-refractivity contribution is 5.79. The van der Waals surface area contributed by atoms with Crippen LogP contribution in [0, 0.1) is 0 Å². The number of carbonyl (C=O) groups excluding carboxylic acids is 1. The van der Waals surface area contributed by atoms with E-state index in [1.54, 1.807) is 24.1 Å². The minimum absolute atomic E-state index is 0.0265. The Labute approximate surface area is 163 Å². The number of aromatic nitrogens is 1. The number of para-hydroxylation sites is 3. The Morgan fingerprint density at radius 3 is 2.71 bits per heavy atom. The van der Waals surface area contributed by atoms with E-state index in [0.717, 1.165) is 17.3 Å². The van der Waals surface area contributed by atoms with Gasteiger partial charge < -0.3 is 19.1 Å². The summed E-state index contributed by atoms with van der Waals surface area (Å²) in [7, 11) is 1.58. The Bertz CT molecular complexity index is 975. The zero-order chi connectivity index (χ0) is 19.3. The minimum atomic E-state index is -0.0662. The van der Waals surface area contributed by atoms with Crippen LogP contribution in [0.15, 0.2) is 60.7 Å². The van der Waals surface area contributed by atoms with E-state index in [9.17, 15) is 4.79 Å². The molecule has 1 aliphatic rings. The second-order valence-corrected chi connectivity index (χ2v) is 6.65. The summed E-state index contributed by atoms with van der Waals surface area (Å²) in [5, 5.41) is 1.08. The van der Waals surface area contributed by atoms with Gasteiger partial charge in [-0.25, -0.2) is 4.98 Å². The molecule has 6 heteroatoms. The molecular weight excluding hydrogens is 356 g/mol. The Morgan fingerprint density at radius 1 is 1.07 bits per heavy atom. The summed E-state index contributed by atoms with van der Waals surface area (Å²) in [6.07, 6.45) is 0.707. The van der Waals surface area contributed by atoms with Crippen LogP contribution in [0.2, 0.25) is 0 Å². The van der Waals surface area contributed by atoms with E-state index in [1.807, 2.05) is 48.5 Å². The van der Waals surface area contributed by atoms with Gasteiger partial charge in [-0.2, -0.15) is 0 Å². The van der Waals surface area contributed by atoms with E-state index in [-0.39, 0.29) is 18.6 Å². The van der Waals surface area contributed by atoms with Gasteiger partial charge in [0.2, 0.25) is 5.88 Å². The van der Waals surface area contributed by atoms with Crippen LogP contribution in [0.25, 0.3) is 10.9 Å². The smallest absolute Gasteiger partial charge is 0.260 e. The molecule has 3 aromatic rings. The lowest BCUT2D eigenvalue weighted by atomic mass is 10.2. The number of carbonyl (C=O) groups is 1. The Hall–Kier alpha value is -3.28. The number of hydrogen-bond donors (Lipinski definition) is 0. The van der Waals surface area contributed by atoms with Crippen molar-refractivity contribution >= 4 is 16.8 Å². The molecule has 1 saturated heterocycles. The van der Waals surface area contributed by atoms with Gasteiger partial charge in [0, 0.05) is 24.4 Å². The predicted molar refractivity (Wildman–Crippen MR) is 106 cm³/mol. The fraction of sp³-hybridized carbons (Fsp3) is 0.273. The molecule has 6 nitrogen and oxygen atoms in total. The van der Waals surface area contributed by atoms with Crippen LogP contribution in [0.4, 0.5) is 0 Å². The van der Waals surface area contributed by atoms with Crippen molar-refractivity contribution in [1.29, 1.82) is 0 Å². The van der Waals surface area contributed by atoms with Gasteiger partial charge in [-0.05, 0) is 24.3 Å². The SMILES string of the molecule is COc1ccccc1OCC(=O)N1CC[C@H](Oc2ccc3ccccc3n2)C1. The highest BCUT2D eigenvalue weighted by Crippen LogP contribution is 2.26. The lowest BCUT2D eigenvalue weighted by molar-refractivity contribution is -0.132. The lowest BCUT2D eigenvalue weighted by Crippen LogP contribution is -2.34. The predicted octanol–water partition coefficient (Wildman–Crippen LogP) is 3.30. The molecule has 1 fully saturated rings. The number of fused-ring (bicyclic) bond motifs is 1. The van der Waals surface area contributed by atoms with E-state index in [1.165, 1.54) is 0 Å². The first-order valence-electron chi connectivity index (χ1n) is 9.29. The van der Waals surface area contributed by atoms with Crippen LogP contribution in [-0.4, -0.2) is 48.7 Å². The number of ether oxygens (including phenoxy) is 3. The van der Waals surface area contributed by atoms with E-state index in [0.29, 0.717) is 30.5 Å². The van der Waals surface area contributed by atoms with Crippen molar-refractivity contribution in [3.05, 3.63) is 60.7 Å². The molecular formula is C22H22N2O4. The summed E-state index contributed by atoms with van der Waals surface area (Å²) in [4.78, 5) is 18.8. The Balaban J connectivity index is 1.32. The molecule has 0 bridgehead atoms. The molecule has 1 aromatic heterocycles. The van der Waals surface area contributed by atoms with Crippen LogP contribution in [-0.2, 0) is 4.79 Å². The van der Waals surface area contributed by atoms with Crippen molar-refractivity contribution in [1.82, 2.24) is 9.88 Å². The number of hydrogen-bond acceptors (Lipinski definition) is 5. The maximum Gasteiger partial charge on any atom is 0.260 e. The normalized spacial score (nSPS) is 16.2. The molecule has 4 rings (SSSR count). The zero-order valence-corrected chi connectivity index (χ0v) is 15.7. The number of rotatable bonds is 6. The van der Waals surface area contributed by atoms with E-state index in [2.05, 4.69) is 4.98 Å². The van der Waals surface area contributed by atoms with Crippen molar-refractivity contribution in [3.63, 3.8) is 0 Å². The minimum Gasteiger partial charge on any atom is -0.493 e. The van der Waals surface area contributed by atoms with Gasteiger partial charge in [0.25, 0.3) is 5.91 Å². The van der Waals surface area contributed by atoms with Crippen LogP contribution >= 0.6 is 0 Å². The number of methoxy groups -OCH3 is 1. The first kappa shape index (κ1) is 18.1. The van der Waals surface area contributed by atoms with Crippen molar-refractivity contribution in [2.45, 2.75) is 12.5 Å². The van der Waals surface area contributed by atoms with E-state index in [4.69, 9.17) is 14.2 Å². The number of pyridine rings is 1. The molecule has 0 saturated carbocycles. The third-order valence-electron chi connectivity index (χ3n) is 4.78. The fourth-order valence-corrected chi connectivity index (χ4v) is 3.30. The van der Waals surface area contributed by atoms with Crippen molar-refractivity contribution in [2.75, 3.05) is 26.8 Å². The van der Waals surface area contributed by atoms with Gasteiger partial charge in [0.1, 0.15) is 6.10 Å². The van der Waals surface area contributed by atoms with Crippen molar-refractivity contribution in [3.8, 4) is 17.4 Å². The average Bonchev–Trinajstić information content (AvgIpc) is 3.20. The summed E-state index contributed by atoms with van der Waals surface area (Å²) in [6.45, 7) is 1.15. The summed E-state index contributed by atoms with van der Waals surface area (Å²) >= 11 is 0. The number of likely N-dealkylation sites (tertiary alicyclic amines) is 1. The van der Waals surface area contributed by atoms with Gasteiger partial charge in [-0.15, -0.1) is 0 Å². The molecule has 0 radical (unpaired) electrons. The largest absolute Gasteiger partial charge is 0.493 e. The molecule has 2 aromatic carbocycles. The zero-order valence-electron chi connectivity index (χ0n) is 15.7. The standard InChI is InChI=1S/C22H22N2O4/c1-26-19-8-4-5-9-20(19)27-15-22(25)24-13-12-17(14-24)28-21-11-10-16-6-2-3-7-18(16)23-21/h2-11,17H,12-15H2,1H3/t17-/m0/s1. The van der Waals surface area contributed by atoms with E-state index < -0.39 is 0 Å². The van der Waals surface area contributed by atoms with Crippen LogP contribution in [0.3, 0.4) is 0 Å². The summed E-state index contributed by atoms with van der Waals surface area (Å²) in [5.41, 5.74) is 0.899. The number of nitrogens with zero attached hydrogens (tertiary/aromatic N) is 2. The summed E-state index contributed by atoms with van der Waals surface area (Å²) in [5.74, 6) is 1.69.